The highest BCUT2D eigenvalue weighted by Gasteiger charge is 2.62. The van der Waals surface area contributed by atoms with Crippen LogP contribution in [0.5, 0.6) is 0 Å². The van der Waals surface area contributed by atoms with Gasteiger partial charge < -0.3 is 15.1 Å². The summed E-state index contributed by atoms with van der Waals surface area (Å²) in [6, 6.07) is 20.8. The monoisotopic (exact) mass is 581 g/mol. The van der Waals surface area contributed by atoms with Crippen molar-refractivity contribution in [2.24, 2.45) is 5.92 Å². The normalized spacial score (nSPS) is 21.9. The first-order valence-corrected chi connectivity index (χ1v) is 14.2. The third kappa shape index (κ3) is 6.07. The second kappa shape index (κ2) is 11.5. The Hall–Kier alpha value is -3.72. The quantitative estimate of drug-likeness (QED) is 0.338. The van der Waals surface area contributed by atoms with Crippen LogP contribution in [0.15, 0.2) is 78.9 Å². The zero-order valence-electron chi connectivity index (χ0n) is 23.8. The standard InChI is InChI=1S/C33H35F4N3O2/c1-23(41)38-31(25-7-4-3-5-8-25)15-17-40(18-16-31)22-28-20-32(28,26-9-6-10-27(19-26)33(35,36)37)30(42)39(2)21-24-11-13-29(34)14-12-24/h3-14,19,28H,15-18,20-22H2,1-2H3,(H,38,41)/t28-,32+/m0/s1. The fraction of sp³-hybridized carbons (Fsp3) is 0.394. The molecule has 1 aliphatic heterocycles. The molecule has 1 N–H and O–H groups in total. The predicted molar refractivity (Wildman–Crippen MR) is 152 cm³/mol. The van der Waals surface area contributed by atoms with Crippen molar-refractivity contribution in [1.82, 2.24) is 15.1 Å². The lowest BCUT2D eigenvalue weighted by atomic mass is 9.80. The van der Waals surface area contributed by atoms with E-state index in [4.69, 9.17) is 0 Å². The minimum atomic E-state index is -4.53. The van der Waals surface area contributed by atoms with Crippen molar-refractivity contribution in [3.63, 3.8) is 0 Å². The van der Waals surface area contributed by atoms with E-state index in [0.717, 1.165) is 23.3 Å². The Bertz CT molecular complexity index is 1420. The Kier molecular flexibility index (Phi) is 8.16. The molecule has 3 aromatic carbocycles. The molecule has 2 aliphatic rings. The van der Waals surface area contributed by atoms with Crippen LogP contribution in [0.4, 0.5) is 17.6 Å². The van der Waals surface area contributed by atoms with Crippen LogP contribution in [0, 0.1) is 11.7 Å². The van der Waals surface area contributed by atoms with Crippen molar-refractivity contribution in [2.75, 3.05) is 26.7 Å². The molecule has 1 heterocycles. The fourth-order valence-corrected chi connectivity index (χ4v) is 6.55. The third-order valence-electron chi connectivity index (χ3n) is 8.80. The number of halogens is 4. The van der Waals surface area contributed by atoms with E-state index in [1.54, 1.807) is 25.2 Å². The van der Waals surface area contributed by atoms with E-state index in [1.807, 2.05) is 30.3 Å². The predicted octanol–water partition coefficient (Wildman–Crippen LogP) is 5.89. The number of alkyl halides is 3. The maximum Gasteiger partial charge on any atom is 0.416 e. The van der Waals surface area contributed by atoms with Crippen molar-refractivity contribution in [1.29, 1.82) is 0 Å². The Morgan fingerprint density at radius 1 is 0.952 bits per heavy atom. The molecule has 42 heavy (non-hydrogen) atoms. The van der Waals surface area contributed by atoms with Crippen molar-refractivity contribution in [3.8, 4) is 0 Å². The number of nitrogens with one attached hydrogen (secondary N) is 1. The van der Waals surface area contributed by atoms with Gasteiger partial charge in [-0.15, -0.1) is 0 Å². The highest BCUT2D eigenvalue weighted by atomic mass is 19.4. The average Bonchev–Trinajstić information content (AvgIpc) is 3.69. The summed E-state index contributed by atoms with van der Waals surface area (Å²) in [7, 11) is 1.64. The largest absolute Gasteiger partial charge is 0.416 e. The topological polar surface area (TPSA) is 52.7 Å². The van der Waals surface area contributed by atoms with E-state index in [1.165, 1.54) is 30.0 Å². The lowest BCUT2D eigenvalue weighted by Gasteiger charge is -2.43. The molecule has 0 unspecified atom stereocenters. The summed E-state index contributed by atoms with van der Waals surface area (Å²) in [6.45, 7) is 3.62. The summed E-state index contributed by atoms with van der Waals surface area (Å²) in [5, 5.41) is 3.17. The maximum absolute atomic E-state index is 14.0. The molecule has 2 atom stereocenters. The second-order valence-corrected chi connectivity index (χ2v) is 11.7. The zero-order valence-corrected chi connectivity index (χ0v) is 23.8. The van der Waals surface area contributed by atoms with Gasteiger partial charge in [-0.1, -0.05) is 60.7 Å². The van der Waals surface area contributed by atoms with E-state index in [0.29, 0.717) is 44.5 Å². The van der Waals surface area contributed by atoms with Crippen LogP contribution in [0.3, 0.4) is 0 Å². The smallest absolute Gasteiger partial charge is 0.347 e. The number of carbonyl (C=O) groups is 2. The molecule has 0 radical (unpaired) electrons. The van der Waals surface area contributed by atoms with E-state index >= 15 is 0 Å². The van der Waals surface area contributed by atoms with Crippen molar-refractivity contribution >= 4 is 11.8 Å². The molecule has 1 saturated heterocycles. The van der Waals surface area contributed by atoms with Gasteiger partial charge in [-0.25, -0.2) is 4.39 Å². The number of hydrogen-bond acceptors (Lipinski definition) is 3. The van der Waals surface area contributed by atoms with E-state index in [9.17, 15) is 27.2 Å². The average molecular weight is 582 g/mol. The van der Waals surface area contributed by atoms with Crippen LogP contribution in [-0.4, -0.2) is 48.3 Å². The van der Waals surface area contributed by atoms with Gasteiger partial charge in [0.05, 0.1) is 16.5 Å². The molecular weight excluding hydrogens is 546 g/mol. The number of piperidine rings is 1. The number of likely N-dealkylation sites (tertiary alicyclic amines) is 1. The summed E-state index contributed by atoms with van der Waals surface area (Å²) in [5.74, 6) is -0.904. The molecule has 5 rings (SSSR count). The fourth-order valence-electron chi connectivity index (χ4n) is 6.55. The van der Waals surface area contributed by atoms with Gasteiger partial charge in [0.2, 0.25) is 11.8 Å². The molecular formula is C33H35F4N3O2. The first kappa shape index (κ1) is 29.8. The van der Waals surface area contributed by atoms with Gasteiger partial charge in [-0.3, -0.25) is 9.59 Å². The van der Waals surface area contributed by atoms with Crippen LogP contribution in [0.2, 0.25) is 0 Å². The molecule has 9 heteroatoms. The van der Waals surface area contributed by atoms with Gasteiger partial charge in [0.1, 0.15) is 5.82 Å². The molecule has 0 aromatic heterocycles. The Morgan fingerprint density at radius 2 is 1.60 bits per heavy atom. The number of nitrogens with zero attached hydrogens (tertiary/aromatic N) is 2. The molecule has 2 fully saturated rings. The van der Waals surface area contributed by atoms with E-state index < -0.39 is 22.7 Å². The third-order valence-corrected chi connectivity index (χ3v) is 8.80. The van der Waals surface area contributed by atoms with Crippen molar-refractivity contribution < 1.29 is 27.2 Å². The van der Waals surface area contributed by atoms with Gasteiger partial charge in [0, 0.05) is 40.2 Å². The lowest BCUT2D eigenvalue weighted by Crippen LogP contribution is -2.53. The summed E-state index contributed by atoms with van der Waals surface area (Å²) >= 11 is 0. The first-order valence-electron chi connectivity index (χ1n) is 14.2. The van der Waals surface area contributed by atoms with Gasteiger partial charge in [0.25, 0.3) is 0 Å². The summed E-state index contributed by atoms with van der Waals surface area (Å²) < 4.78 is 54.4. The summed E-state index contributed by atoms with van der Waals surface area (Å²) in [5.41, 5.74) is -0.206. The molecule has 5 nitrogen and oxygen atoms in total. The first-order chi connectivity index (χ1) is 19.9. The number of benzene rings is 3. The Morgan fingerprint density at radius 3 is 2.21 bits per heavy atom. The number of likely N-dealkylation sites (N-methyl/N-ethyl adjacent to an activating group) is 1. The minimum Gasteiger partial charge on any atom is -0.347 e. The Balaban J connectivity index is 1.37. The summed E-state index contributed by atoms with van der Waals surface area (Å²) in [4.78, 5) is 29.9. The number of carbonyl (C=O) groups excluding carboxylic acids is 2. The number of amides is 2. The molecule has 1 saturated carbocycles. The van der Waals surface area contributed by atoms with E-state index in [-0.39, 0.29) is 30.1 Å². The van der Waals surface area contributed by atoms with Crippen LogP contribution in [0.25, 0.3) is 0 Å². The van der Waals surface area contributed by atoms with Gasteiger partial charge >= 0.3 is 6.18 Å². The van der Waals surface area contributed by atoms with Crippen LogP contribution >= 0.6 is 0 Å². The van der Waals surface area contributed by atoms with Crippen LogP contribution in [-0.2, 0) is 33.3 Å². The number of hydrogen-bond donors (Lipinski definition) is 1. The highest BCUT2D eigenvalue weighted by molar-refractivity contribution is 5.92. The lowest BCUT2D eigenvalue weighted by molar-refractivity contribution is -0.138. The second-order valence-electron chi connectivity index (χ2n) is 11.7. The molecule has 0 bridgehead atoms. The van der Waals surface area contributed by atoms with Crippen molar-refractivity contribution in [2.45, 2.75) is 49.9 Å². The zero-order chi connectivity index (χ0) is 30.1. The van der Waals surface area contributed by atoms with Gasteiger partial charge in [0.15, 0.2) is 0 Å². The van der Waals surface area contributed by atoms with Gasteiger partial charge in [-0.05, 0) is 60.1 Å². The summed E-state index contributed by atoms with van der Waals surface area (Å²) in [6.07, 6.45) is -2.73. The van der Waals surface area contributed by atoms with Crippen molar-refractivity contribution in [3.05, 3.63) is 107 Å². The molecule has 3 aromatic rings. The van der Waals surface area contributed by atoms with E-state index in [2.05, 4.69) is 10.2 Å². The molecule has 222 valence electrons. The SMILES string of the molecule is CC(=O)NC1(c2ccccc2)CCN(C[C@@H]2C[C@@]2(C(=O)N(C)Cc2ccc(F)cc2)c2cccc(C(F)(F)F)c2)CC1. The number of rotatable bonds is 8. The molecule has 0 spiro atoms. The maximum atomic E-state index is 14.0. The van der Waals surface area contributed by atoms with Crippen LogP contribution < -0.4 is 5.32 Å². The van der Waals surface area contributed by atoms with Crippen LogP contribution in [0.1, 0.15) is 48.4 Å². The Labute approximate surface area is 243 Å². The highest BCUT2D eigenvalue weighted by Crippen LogP contribution is 2.56. The molecule has 1 aliphatic carbocycles. The minimum absolute atomic E-state index is 0.104. The molecule has 2 amide bonds. The van der Waals surface area contributed by atoms with Gasteiger partial charge in [-0.2, -0.15) is 13.2 Å².